The molecule has 0 spiro atoms. The summed E-state index contributed by atoms with van der Waals surface area (Å²) in [5.41, 5.74) is 11.5. The fourth-order valence-corrected chi connectivity index (χ4v) is 5.69. The highest BCUT2D eigenvalue weighted by molar-refractivity contribution is 6.18. The molecular weight excluding hydrogens is 474 g/mol. The fourth-order valence-electron chi connectivity index (χ4n) is 5.69. The SMILES string of the molecule is N#Cc1ccc(N(c2ccc(C#N)cc2)c2cccc(-c3ccc4c5c(cccc35)-c3ccccc3-4)c2)cc1. The molecule has 3 heteroatoms. The van der Waals surface area contributed by atoms with E-state index in [0.717, 1.165) is 22.6 Å². The van der Waals surface area contributed by atoms with E-state index in [1.807, 2.05) is 48.5 Å². The molecule has 3 nitrogen and oxygen atoms in total. The second-order valence-electron chi connectivity index (χ2n) is 9.64. The van der Waals surface area contributed by atoms with Crippen LogP contribution in [0.25, 0.3) is 44.2 Å². The van der Waals surface area contributed by atoms with Gasteiger partial charge in [0.15, 0.2) is 0 Å². The molecule has 1 aliphatic rings. The predicted octanol–water partition coefficient (Wildman–Crippen LogP) is 9.37. The first kappa shape index (κ1) is 22.5. The Kier molecular flexibility index (Phi) is 5.22. The number of nitriles is 2. The van der Waals surface area contributed by atoms with Crippen molar-refractivity contribution in [2.45, 2.75) is 0 Å². The average Bonchev–Trinajstić information content (AvgIpc) is 3.33. The first-order valence-electron chi connectivity index (χ1n) is 12.8. The van der Waals surface area contributed by atoms with E-state index >= 15 is 0 Å². The normalized spacial score (nSPS) is 11.0. The van der Waals surface area contributed by atoms with Crippen molar-refractivity contribution in [1.29, 1.82) is 10.5 Å². The van der Waals surface area contributed by atoms with Gasteiger partial charge in [-0.3, -0.25) is 0 Å². The van der Waals surface area contributed by atoms with Crippen LogP contribution in [-0.2, 0) is 0 Å². The molecule has 180 valence electrons. The molecule has 0 unspecified atom stereocenters. The summed E-state index contributed by atoms with van der Waals surface area (Å²) in [7, 11) is 0. The second kappa shape index (κ2) is 9.03. The van der Waals surface area contributed by atoms with Gasteiger partial charge in [0.05, 0.1) is 23.3 Å². The topological polar surface area (TPSA) is 50.8 Å². The highest BCUT2D eigenvalue weighted by Gasteiger charge is 2.22. The lowest BCUT2D eigenvalue weighted by Gasteiger charge is -2.26. The number of benzene rings is 6. The van der Waals surface area contributed by atoms with Crippen molar-refractivity contribution in [2.24, 2.45) is 0 Å². The third-order valence-electron chi connectivity index (χ3n) is 7.47. The first-order chi connectivity index (χ1) is 19.2. The molecule has 0 fully saturated rings. The first-order valence-corrected chi connectivity index (χ1v) is 12.8. The standard InChI is InChI=1S/C36H21N3/c37-22-24-11-15-27(16-12-24)39(28-17-13-25(23-38)14-18-28)29-6-3-5-26(21-29)30-19-20-35-32-8-2-1-7-31(32)34-10-4-9-33(30)36(34)35/h1-21H. The van der Waals surface area contributed by atoms with Crippen molar-refractivity contribution in [3.05, 3.63) is 139 Å². The molecule has 0 saturated carbocycles. The molecule has 0 bridgehead atoms. The summed E-state index contributed by atoms with van der Waals surface area (Å²) < 4.78 is 0. The van der Waals surface area contributed by atoms with Crippen LogP contribution in [0.3, 0.4) is 0 Å². The lowest BCUT2D eigenvalue weighted by Crippen LogP contribution is -2.10. The fraction of sp³-hybridized carbons (Fsp3) is 0. The lowest BCUT2D eigenvalue weighted by atomic mass is 9.94. The van der Waals surface area contributed by atoms with Crippen molar-refractivity contribution >= 4 is 27.8 Å². The van der Waals surface area contributed by atoms with Crippen LogP contribution in [0.4, 0.5) is 17.1 Å². The molecule has 0 aromatic heterocycles. The molecule has 0 radical (unpaired) electrons. The van der Waals surface area contributed by atoms with Crippen molar-refractivity contribution < 1.29 is 0 Å². The zero-order valence-electron chi connectivity index (χ0n) is 21.0. The van der Waals surface area contributed by atoms with E-state index < -0.39 is 0 Å². The Morgan fingerprint density at radius 3 is 1.59 bits per heavy atom. The van der Waals surface area contributed by atoms with Gasteiger partial charge in [-0.2, -0.15) is 10.5 Å². The highest BCUT2D eigenvalue weighted by Crippen LogP contribution is 2.49. The summed E-state index contributed by atoms with van der Waals surface area (Å²) in [5.74, 6) is 0. The Hall–Kier alpha value is -5.64. The monoisotopic (exact) mass is 495 g/mol. The molecule has 1 aliphatic carbocycles. The van der Waals surface area contributed by atoms with Gasteiger partial charge in [-0.05, 0) is 105 Å². The van der Waals surface area contributed by atoms with Crippen molar-refractivity contribution in [1.82, 2.24) is 0 Å². The molecule has 0 atom stereocenters. The van der Waals surface area contributed by atoms with Gasteiger partial charge in [0.1, 0.15) is 0 Å². The van der Waals surface area contributed by atoms with Crippen LogP contribution in [0, 0.1) is 22.7 Å². The highest BCUT2D eigenvalue weighted by atomic mass is 15.1. The second-order valence-corrected chi connectivity index (χ2v) is 9.64. The molecule has 0 N–H and O–H groups in total. The van der Waals surface area contributed by atoms with Crippen LogP contribution in [-0.4, -0.2) is 0 Å². The maximum absolute atomic E-state index is 9.31. The Morgan fingerprint density at radius 2 is 0.974 bits per heavy atom. The predicted molar refractivity (Wildman–Crippen MR) is 158 cm³/mol. The van der Waals surface area contributed by atoms with E-state index in [-0.39, 0.29) is 0 Å². The van der Waals surface area contributed by atoms with Crippen LogP contribution in [0.15, 0.2) is 127 Å². The summed E-state index contributed by atoms with van der Waals surface area (Å²) >= 11 is 0. The van der Waals surface area contributed by atoms with Gasteiger partial charge in [0, 0.05) is 17.1 Å². The van der Waals surface area contributed by atoms with Gasteiger partial charge in [-0.1, -0.05) is 66.7 Å². The minimum atomic E-state index is 0.612. The minimum absolute atomic E-state index is 0.612. The lowest BCUT2D eigenvalue weighted by molar-refractivity contribution is 1.28. The third kappa shape index (κ3) is 3.65. The zero-order valence-corrected chi connectivity index (χ0v) is 21.0. The molecule has 0 heterocycles. The Morgan fingerprint density at radius 1 is 0.436 bits per heavy atom. The summed E-state index contributed by atoms with van der Waals surface area (Å²) in [6, 6.07) is 47.8. The van der Waals surface area contributed by atoms with Gasteiger partial charge < -0.3 is 4.90 Å². The molecule has 6 aromatic rings. The van der Waals surface area contributed by atoms with Gasteiger partial charge >= 0.3 is 0 Å². The largest absolute Gasteiger partial charge is 0.310 e. The van der Waals surface area contributed by atoms with Crippen molar-refractivity contribution in [3.8, 4) is 45.5 Å². The summed E-state index contributed by atoms with van der Waals surface area (Å²) in [6.07, 6.45) is 0. The van der Waals surface area contributed by atoms with E-state index in [0.29, 0.717) is 11.1 Å². The van der Waals surface area contributed by atoms with E-state index in [2.05, 4.69) is 95.9 Å². The number of anilines is 3. The van der Waals surface area contributed by atoms with Gasteiger partial charge in [-0.25, -0.2) is 0 Å². The Bertz CT molecular complexity index is 1880. The van der Waals surface area contributed by atoms with Gasteiger partial charge in [-0.15, -0.1) is 0 Å². The number of nitrogens with zero attached hydrogens (tertiary/aromatic N) is 3. The maximum atomic E-state index is 9.31. The Balaban J connectivity index is 1.39. The molecule has 39 heavy (non-hydrogen) atoms. The average molecular weight is 496 g/mol. The van der Waals surface area contributed by atoms with Crippen molar-refractivity contribution in [3.63, 3.8) is 0 Å². The summed E-state index contributed by atoms with van der Waals surface area (Å²) in [5, 5.41) is 21.2. The molecule has 0 saturated heterocycles. The third-order valence-corrected chi connectivity index (χ3v) is 7.47. The molecule has 0 aliphatic heterocycles. The zero-order chi connectivity index (χ0) is 26.3. The van der Waals surface area contributed by atoms with Crippen LogP contribution in [0.5, 0.6) is 0 Å². The summed E-state index contributed by atoms with van der Waals surface area (Å²) in [4.78, 5) is 2.15. The minimum Gasteiger partial charge on any atom is -0.310 e. The van der Waals surface area contributed by atoms with Crippen molar-refractivity contribution in [2.75, 3.05) is 4.90 Å². The number of rotatable bonds is 4. The van der Waals surface area contributed by atoms with Gasteiger partial charge in [0.2, 0.25) is 0 Å². The molecular formula is C36H21N3. The van der Waals surface area contributed by atoms with Crippen LogP contribution >= 0.6 is 0 Å². The summed E-state index contributed by atoms with van der Waals surface area (Å²) in [6.45, 7) is 0. The van der Waals surface area contributed by atoms with Crippen LogP contribution in [0.1, 0.15) is 11.1 Å². The quantitative estimate of drug-likeness (QED) is 0.244. The van der Waals surface area contributed by atoms with E-state index in [4.69, 9.17) is 0 Å². The number of fused-ring (bicyclic) bond motifs is 3. The van der Waals surface area contributed by atoms with E-state index in [1.54, 1.807) is 0 Å². The van der Waals surface area contributed by atoms with Crippen LogP contribution in [0.2, 0.25) is 0 Å². The number of hydrogen-bond acceptors (Lipinski definition) is 3. The van der Waals surface area contributed by atoms with E-state index in [9.17, 15) is 10.5 Å². The van der Waals surface area contributed by atoms with Crippen LogP contribution < -0.4 is 4.90 Å². The molecule has 6 aromatic carbocycles. The Labute approximate surface area is 227 Å². The molecule has 0 amide bonds. The smallest absolute Gasteiger partial charge is 0.0991 e. The maximum Gasteiger partial charge on any atom is 0.0991 e. The number of hydrogen-bond donors (Lipinski definition) is 0. The molecule has 7 rings (SSSR count). The van der Waals surface area contributed by atoms with E-state index in [1.165, 1.54) is 38.6 Å². The van der Waals surface area contributed by atoms with Gasteiger partial charge in [0.25, 0.3) is 0 Å².